The standard InChI is InChI=1S/C25H17NS/c1-26-21-13-4-2-9-20(21)24-17(10-7-14-22(24)26)19-12-6-11-18-16-8-3-5-15-23(16)27-25(18)19/h2-15H,1H3. The fourth-order valence-corrected chi connectivity index (χ4v) is 5.62. The third-order valence-electron chi connectivity index (χ3n) is 5.63. The molecule has 0 amide bonds. The predicted octanol–water partition coefficient (Wildman–Crippen LogP) is 7.37. The maximum Gasteiger partial charge on any atom is 0.0495 e. The number of para-hydroxylation sites is 1. The van der Waals surface area contributed by atoms with Crippen molar-refractivity contribution in [1.82, 2.24) is 4.57 Å². The summed E-state index contributed by atoms with van der Waals surface area (Å²) in [5, 5.41) is 5.37. The minimum Gasteiger partial charge on any atom is -0.344 e. The number of thiophene rings is 1. The number of benzene rings is 4. The summed E-state index contributed by atoms with van der Waals surface area (Å²) in [7, 11) is 2.16. The molecule has 0 saturated carbocycles. The minimum absolute atomic E-state index is 1.28. The van der Waals surface area contributed by atoms with E-state index in [-0.39, 0.29) is 0 Å². The molecule has 0 saturated heterocycles. The van der Waals surface area contributed by atoms with Gasteiger partial charge in [0.05, 0.1) is 0 Å². The van der Waals surface area contributed by atoms with Crippen LogP contribution in [0, 0.1) is 0 Å². The molecule has 6 aromatic rings. The van der Waals surface area contributed by atoms with Crippen molar-refractivity contribution in [3.63, 3.8) is 0 Å². The molecular weight excluding hydrogens is 346 g/mol. The number of hydrogen-bond donors (Lipinski definition) is 0. The molecule has 0 aliphatic rings. The van der Waals surface area contributed by atoms with Crippen LogP contribution in [0.5, 0.6) is 0 Å². The molecule has 2 heterocycles. The van der Waals surface area contributed by atoms with Gasteiger partial charge in [-0.25, -0.2) is 0 Å². The zero-order chi connectivity index (χ0) is 18.0. The van der Waals surface area contributed by atoms with Gasteiger partial charge < -0.3 is 4.57 Å². The summed E-state index contributed by atoms with van der Waals surface area (Å²) >= 11 is 1.90. The van der Waals surface area contributed by atoms with Crippen molar-refractivity contribution in [2.75, 3.05) is 0 Å². The molecule has 0 N–H and O–H groups in total. The van der Waals surface area contributed by atoms with Crippen LogP contribution in [-0.2, 0) is 7.05 Å². The van der Waals surface area contributed by atoms with Crippen LogP contribution >= 0.6 is 11.3 Å². The van der Waals surface area contributed by atoms with Crippen molar-refractivity contribution in [1.29, 1.82) is 0 Å². The van der Waals surface area contributed by atoms with Gasteiger partial charge in [-0.3, -0.25) is 0 Å². The first kappa shape index (κ1) is 15.0. The second-order valence-corrected chi connectivity index (χ2v) is 8.11. The molecule has 27 heavy (non-hydrogen) atoms. The molecular formula is C25H17NS. The summed E-state index contributed by atoms with van der Waals surface area (Å²) in [6.45, 7) is 0. The highest BCUT2D eigenvalue weighted by atomic mass is 32.1. The molecule has 0 atom stereocenters. The van der Waals surface area contributed by atoms with E-state index in [1.165, 1.54) is 53.1 Å². The van der Waals surface area contributed by atoms with Crippen LogP contribution in [0.15, 0.2) is 84.9 Å². The Kier molecular flexibility index (Phi) is 3.03. The number of rotatable bonds is 1. The van der Waals surface area contributed by atoms with E-state index in [1.54, 1.807) is 0 Å². The highest BCUT2D eigenvalue weighted by molar-refractivity contribution is 7.26. The van der Waals surface area contributed by atoms with Gasteiger partial charge in [0.25, 0.3) is 0 Å². The number of aromatic nitrogens is 1. The Bertz CT molecular complexity index is 1480. The highest BCUT2D eigenvalue weighted by Crippen LogP contribution is 2.43. The molecule has 0 aliphatic carbocycles. The summed E-state index contributed by atoms with van der Waals surface area (Å²) in [6.07, 6.45) is 0. The van der Waals surface area contributed by atoms with Crippen molar-refractivity contribution in [3.05, 3.63) is 84.9 Å². The number of fused-ring (bicyclic) bond motifs is 6. The lowest BCUT2D eigenvalue weighted by molar-refractivity contribution is 1.01. The average molecular weight is 363 g/mol. The van der Waals surface area contributed by atoms with Crippen molar-refractivity contribution >= 4 is 53.3 Å². The second kappa shape index (κ2) is 5.45. The van der Waals surface area contributed by atoms with E-state index in [9.17, 15) is 0 Å². The topological polar surface area (TPSA) is 4.93 Å². The number of nitrogens with zero attached hydrogens (tertiary/aromatic N) is 1. The molecule has 0 aliphatic heterocycles. The van der Waals surface area contributed by atoms with Crippen LogP contribution in [0.1, 0.15) is 0 Å². The van der Waals surface area contributed by atoms with Gasteiger partial charge >= 0.3 is 0 Å². The van der Waals surface area contributed by atoms with Crippen LogP contribution in [0.2, 0.25) is 0 Å². The highest BCUT2D eigenvalue weighted by Gasteiger charge is 2.16. The second-order valence-electron chi connectivity index (χ2n) is 7.06. The molecule has 1 nitrogen and oxygen atoms in total. The lowest BCUT2D eigenvalue weighted by atomic mass is 9.98. The van der Waals surface area contributed by atoms with E-state index < -0.39 is 0 Å². The smallest absolute Gasteiger partial charge is 0.0495 e. The minimum atomic E-state index is 1.28. The van der Waals surface area contributed by atoms with Crippen molar-refractivity contribution < 1.29 is 0 Å². The lowest BCUT2D eigenvalue weighted by Crippen LogP contribution is -1.86. The molecule has 0 radical (unpaired) electrons. The quantitative estimate of drug-likeness (QED) is 0.287. The fraction of sp³-hybridized carbons (Fsp3) is 0.0400. The largest absolute Gasteiger partial charge is 0.344 e. The average Bonchev–Trinajstić information content (AvgIpc) is 3.24. The Labute approximate surface area is 161 Å². The SMILES string of the molecule is Cn1c2ccccc2c2c(-c3cccc4c3sc3ccccc34)cccc21. The van der Waals surface area contributed by atoms with Gasteiger partial charge in [0.1, 0.15) is 0 Å². The normalized spacial score (nSPS) is 11.9. The summed E-state index contributed by atoms with van der Waals surface area (Å²) in [5.74, 6) is 0. The summed E-state index contributed by atoms with van der Waals surface area (Å²) < 4.78 is 5.03. The first-order valence-corrected chi connectivity index (χ1v) is 10.0. The van der Waals surface area contributed by atoms with Gasteiger partial charge in [-0.05, 0) is 23.8 Å². The van der Waals surface area contributed by atoms with Crippen LogP contribution in [0.3, 0.4) is 0 Å². The molecule has 2 aromatic heterocycles. The van der Waals surface area contributed by atoms with Crippen molar-refractivity contribution in [3.8, 4) is 11.1 Å². The third-order valence-corrected chi connectivity index (χ3v) is 6.85. The molecule has 0 fully saturated rings. The van der Waals surface area contributed by atoms with Crippen LogP contribution in [0.25, 0.3) is 53.1 Å². The Morgan fingerprint density at radius 3 is 2.19 bits per heavy atom. The van der Waals surface area contributed by atoms with Gasteiger partial charge in [-0.1, -0.05) is 66.7 Å². The van der Waals surface area contributed by atoms with Gasteiger partial charge in [-0.15, -0.1) is 11.3 Å². The van der Waals surface area contributed by atoms with Gasteiger partial charge in [0.2, 0.25) is 0 Å². The Morgan fingerprint density at radius 2 is 1.26 bits per heavy atom. The van der Waals surface area contributed by atoms with E-state index >= 15 is 0 Å². The van der Waals surface area contributed by atoms with E-state index in [2.05, 4.69) is 96.5 Å². The van der Waals surface area contributed by atoms with Crippen LogP contribution in [0.4, 0.5) is 0 Å². The van der Waals surface area contributed by atoms with Gasteiger partial charge in [0.15, 0.2) is 0 Å². The van der Waals surface area contributed by atoms with Gasteiger partial charge in [-0.2, -0.15) is 0 Å². The fourth-order valence-electron chi connectivity index (χ4n) is 4.39. The van der Waals surface area contributed by atoms with E-state index in [0.29, 0.717) is 0 Å². The first-order chi connectivity index (χ1) is 13.3. The van der Waals surface area contributed by atoms with Crippen LogP contribution < -0.4 is 0 Å². The summed E-state index contributed by atoms with van der Waals surface area (Å²) in [6, 6.07) is 30.8. The molecule has 6 rings (SSSR count). The van der Waals surface area contributed by atoms with E-state index in [1.807, 2.05) is 11.3 Å². The zero-order valence-corrected chi connectivity index (χ0v) is 15.8. The molecule has 128 valence electrons. The van der Waals surface area contributed by atoms with Gasteiger partial charge in [0, 0.05) is 54.6 Å². The van der Waals surface area contributed by atoms with Crippen molar-refractivity contribution in [2.45, 2.75) is 0 Å². The van der Waals surface area contributed by atoms with Crippen LogP contribution in [-0.4, -0.2) is 4.57 Å². The number of aryl methyl sites for hydroxylation is 1. The lowest BCUT2D eigenvalue weighted by Gasteiger charge is -2.07. The predicted molar refractivity (Wildman–Crippen MR) is 119 cm³/mol. The maximum atomic E-state index is 2.30. The molecule has 2 heteroatoms. The van der Waals surface area contributed by atoms with E-state index in [0.717, 1.165) is 0 Å². The molecule has 0 bridgehead atoms. The Hall–Kier alpha value is -3.10. The Morgan fingerprint density at radius 1 is 0.593 bits per heavy atom. The molecule has 0 spiro atoms. The number of hydrogen-bond acceptors (Lipinski definition) is 1. The molecule has 0 unspecified atom stereocenters. The summed E-state index contributed by atoms with van der Waals surface area (Å²) in [5.41, 5.74) is 5.22. The monoisotopic (exact) mass is 363 g/mol. The Balaban J connectivity index is 1.80. The van der Waals surface area contributed by atoms with Crippen molar-refractivity contribution in [2.24, 2.45) is 7.05 Å². The molecule has 4 aromatic carbocycles. The first-order valence-electron chi connectivity index (χ1n) is 9.20. The van der Waals surface area contributed by atoms with E-state index in [4.69, 9.17) is 0 Å². The summed E-state index contributed by atoms with van der Waals surface area (Å²) in [4.78, 5) is 0. The zero-order valence-electron chi connectivity index (χ0n) is 14.9. The third kappa shape index (κ3) is 1.99. The maximum absolute atomic E-state index is 2.30.